The standard InChI is InChI=1S/C3H6O3.CH2O3.2Ca.4H/c1-2(4)3(5)6;2-1(3)4;;;;;;/h2,4H,1H3,(H,5,6);(H2,2,3,4);;;;;;. The fraction of sp³-hybridized carbons (Fsp3) is 0.500. The van der Waals surface area contributed by atoms with Gasteiger partial charge in [0.15, 0.2) is 0 Å². The molecule has 4 N–H and O–H groups in total. The quantitative estimate of drug-likeness (QED) is 0.386. The van der Waals surface area contributed by atoms with Gasteiger partial charge in [0, 0.05) is 0 Å². The van der Waals surface area contributed by atoms with E-state index in [1.165, 1.54) is 6.92 Å². The van der Waals surface area contributed by atoms with E-state index in [1.54, 1.807) is 0 Å². The molecule has 0 saturated carbocycles. The molecular formula is C4H12Ca2O6. The molecule has 0 aliphatic rings. The minimum absolute atomic E-state index is 0. The Morgan fingerprint density at radius 1 is 1.08 bits per heavy atom. The van der Waals surface area contributed by atoms with E-state index in [9.17, 15) is 4.79 Å². The van der Waals surface area contributed by atoms with Crippen LogP contribution in [0.15, 0.2) is 0 Å². The summed E-state index contributed by atoms with van der Waals surface area (Å²) >= 11 is 0. The van der Waals surface area contributed by atoms with Gasteiger partial charge in [-0.3, -0.25) is 0 Å². The van der Waals surface area contributed by atoms with Gasteiger partial charge in [0.25, 0.3) is 0 Å². The van der Waals surface area contributed by atoms with Crippen molar-refractivity contribution in [2.75, 3.05) is 0 Å². The molecule has 0 rings (SSSR count). The summed E-state index contributed by atoms with van der Waals surface area (Å²) in [5, 5.41) is 29.7. The van der Waals surface area contributed by atoms with E-state index in [4.69, 9.17) is 25.2 Å². The average molecular weight is 236 g/mol. The van der Waals surface area contributed by atoms with Crippen molar-refractivity contribution in [1.82, 2.24) is 0 Å². The molecule has 1 unspecified atom stereocenters. The summed E-state index contributed by atoms with van der Waals surface area (Å²) < 4.78 is 0. The molecule has 0 heterocycles. The predicted molar refractivity (Wildman–Crippen MR) is 47.1 cm³/mol. The molecule has 12 heavy (non-hydrogen) atoms. The molecule has 0 fully saturated rings. The summed E-state index contributed by atoms with van der Waals surface area (Å²) in [7, 11) is 0. The number of aliphatic carboxylic acids is 1. The zero-order valence-electron chi connectivity index (χ0n) is 5.18. The molecule has 6 nitrogen and oxygen atoms in total. The van der Waals surface area contributed by atoms with E-state index >= 15 is 0 Å². The first kappa shape index (κ1) is 23.2. The molecule has 0 amide bonds. The molecule has 0 saturated heterocycles. The van der Waals surface area contributed by atoms with Gasteiger partial charge in [-0.2, -0.15) is 0 Å². The third kappa shape index (κ3) is 43.0. The monoisotopic (exact) mass is 236 g/mol. The minimum atomic E-state index is -1.83. The Morgan fingerprint density at radius 3 is 1.17 bits per heavy atom. The Labute approximate surface area is 129 Å². The molecule has 0 bridgehead atoms. The van der Waals surface area contributed by atoms with Gasteiger partial charge in [-0.05, 0) is 6.92 Å². The van der Waals surface area contributed by atoms with Crippen LogP contribution >= 0.6 is 0 Å². The molecule has 0 spiro atoms. The molecule has 0 aliphatic carbocycles. The van der Waals surface area contributed by atoms with Crippen molar-refractivity contribution in [3.63, 3.8) is 0 Å². The first-order valence-electron chi connectivity index (χ1n) is 2.20. The van der Waals surface area contributed by atoms with Crippen LogP contribution in [0.5, 0.6) is 0 Å². The Morgan fingerprint density at radius 2 is 1.17 bits per heavy atom. The Kier molecular flexibility index (Phi) is 28.5. The van der Waals surface area contributed by atoms with Crippen LogP contribution in [0.2, 0.25) is 0 Å². The van der Waals surface area contributed by atoms with Gasteiger partial charge in [0.2, 0.25) is 0 Å². The van der Waals surface area contributed by atoms with Crippen LogP contribution in [0.1, 0.15) is 6.92 Å². The Balaban J connectivity index is -0.0000000483. The first-order valence-corrected chi connectivity index (χ1v) is 2.20. The Hall–Kier alpha value is 1.22. The van der Waals surface area contributed by atoms with Crippen LogP contribution in [-0.2, 0) is 4.79 Å². The zero-order valence-corrected chi connectivity index (χ0v) is 5.18. The normalized spacial score (nSPS) is 8.83. The summed E-state index contributed by atoms with van der Waals surface area (Å²) in [6, 6.07) is 0. The van der Waals surface area contributed by atoms with Gasteiger partial charge < -0.3 is 20.4 Å². The molecule has 8 heteroatoms. The third-order valence-corrected chi connectivity index (χ3v) is 0.357. The molecular weight excluding hydrogens is 224 g/mol. The third-order valence-electron chi connectivity index (χ3n) is 0.357. The van der Waals surface area contributed by atoms with Crippen molar-refractivity contribution < 1.29 is 30.0 Å². The van der Waals surface area contributed by atoms with Gasteiger partial charge in [-0.15, -0.1) is 0 Å². The number of carboxylic acids is 1. The summed E-state index contributed by atoms with van der Waals surface area (Å²) in [6.07, 6.45) is -3.06. The van der Waals surface area contributed by atoms with Gasteiger partial charge in [-0.25, -0.2) is 9.59 Å². The number of aliphatic hydroxyl groups is 1. The molecule has 0 aromatic heterocycles. The van der Waals surface area contributed by atoms with Crippen LogP contribution in [0.3, 0.4) is 0 Å². The number of hydrogen-bond donors (Lipinski definition) is 4. The maximum absolute atomic E-state index is 9.45. The fourth-order valence-electron chi connectivity index (χ4n) is 0. The van der Waals surface area contributed by atoms with E-state index < -0.39 is 18.2 Å². The summed E-state index contributed by atoms with van der Waals surface area (Å²) in [5.74, 6) is -1.19. The summed E-state index contributed by atoms with van der Waals surface area (Å²) in [6.45, 7) is 1.20. The van der Waals surface area contributed by atoms with Crippen LogP contribution in [0.25, 0.3) is 0 Å². The van der Waals surface area contributed by atoms with Crippen molar-refractivity contribution in [2.45, 2.75) is 13.0 Å². The predicted octanol–water partition coefficient (Wildman–Crippen LogP) is -2.16. The van der Waals surface area contributed by atoms with E-state index in [0.29, 0.717) is 0 Å². The van der Waals surface area contributed by atoms with Crippen LogP contribution < -0.4 is 0 Å². The molecule has 1 atom stereocenters. The SMILES string of the molecule is CC(O)C(=O)O.O=C(O)O.[CaH2].[CaH2]. The summed E-state index contributed by atoms with van der Waals surface area (Å²) in [4.78, 5) is 18.0. The molecule has 0 aliphatic heterocycles. The van der Waals surface area contributed by atoms with Gasteiger partial charge in [0.05, 0.1) is 0 Å². The first-order chi connectivity index (χ1) is 4.37. The second-order valence-electron chi connectivity index (χ2n) is 1.30. The van der Waals surface area contributed by atoms with Crippen molar-refractivity contribution in [3.05, 3.63) is 0 Å². The molecule has 68 valence electrons. The van der Waals surface area contributed by atoms with Crippen molar-refractivity contribution in [3.8, 4) is 0 Å². The number of hydrogen-bond acceptors (Lipinski definition) is 3. The van der Waals surface area contributed by atoms with Crippen molar-refractivity contribution >= 4 is 87.6 Å². The number of carboxylic acid groups (broad SMARTS) is 3. The molecule has 0 radical (unpaired) electrons. The topological polar surface area (TPSA) is 115 Å². The van der Waals surface area contributed by atoms with Gasteiger partial charge in [0.1, 0.15) is 6.10 Å². The van der Waals surface area contributed by atoms with Crippen molar-refractivity contribution in [2.24, 2.45) is 0 Å². The summed E-state index contributed by atoms with van der Waals surface area (Å²) in [5.41, 5.74) is 0. The Bertz CT molecular complexity index is 121. The van der Waals surface area contributed by atoms with Crippen LogP contribution in [-0.4, -0.2) is 114 Å². The van der Waals surface area contributed by atoms with E-state index in [2.05, 4.69) is 0 Å². The zero-order chi connectivity index (χ0) is 8.73. The van der Waals surface area contributed by atoms with Crippen LogP contribution in [0, 0.1) is 0 Å². The number of rotatable bonds is 1. The number of aliphatic hydroxyl groups excluding tert-OH is 1. The van der Waals surface area contributed by atoms with Gasteiger partial charge >= 0.3 is 87.6 Å². The average Bonchev–Trinajstić information content (AvgIpc) is 1.63. The van der Waals surface area contributed by atoms with E-state index in [0.717, 1.165) is 0 Å². The maximum atomic E-state index is 9.45. The van der Waals surface area contributed by atoms with Gasteiger partial charge in [-0.1, -0.05) is 0 Å². The second-order valence-corrected chi connectivity index (χ2v) is 1.30. The van der Waals surface area contributed by atoms with E-state index in [1.807, 2.05) is 0 Å². The second kappa shape index (κ2) is 14.7. The van der Waals surface area contributed by atoms with Crippen molar-refractivity contribution in [1.29, 1.82) is 0 Å². The molecule has 0 aromatic carbocycles. The fourth-order valence-corrected chi connectivity index (χ4v) is 0. The van der Waals surface area contributed by atoms with Crippen LogP contribution in [0.4, 0.5) is 4.79 Å². The number of carbonyl (C=O) groups is 2. The van der Waals surface area contributed by atoms with E-state index in [-0.39, 0.29) is 75.5 Å². The molecule has 0 aromatic rings.